The third-order valence-electron chi connectivity index (χ3n) is 5.45. The minimum absolute atomic E-state index is 0.233. The number of aromatic nitrogens is 8. The van der Waals surface area contributed by atoms with Gasteiger partial charge < -0.3 is 25.4 Å². The predicted molar refractivity (Wildman–Crippen MR) is 96.9 cm³/mol. The number of hydrogen-bond donors (Lipinski definition) is 4. The molecule has 1 aliphatic carbocycles. The highest BCUT2D eigenvalue weighted by molar-refractivity contribution is 5.84. The molecule has 0 amide bonds. The third kappa shape index (κ3) is 3.11. The highest BCUT2D eigenvalue weighted by Crippen LogP contribution is 2.33. The summed E-state index contributed by atoms with van der Waals surface area (Å²) in [6, 6.07) is 0.286. The van der Waals surface area contributed by atoms with E-state index in [2.05, 4.69) is 35.8 Å². The maximum absolute atomic E-state index is 10.4. The van der Waals surface area contributed by atoms with Crippen LogP contribution in [0.5, 0.6) is 0 Å². The average Bonchev–Trinajstić information content (AvgIpc) is 3.51. The van der Waals surface area contributed by atoms with Gasteiger partial charge in [0.15, 0.2) is 23.2 Å². The quantitative estimate of drug-likeness (QED) is 0.402. The molecule has 29 heavy (non-hydrogen) atoms. The molecule has 1 saturated heterocycles. The topological polar surface area (TPSA) is 169 Å². The van der Waals surface area contributed by atoms with E-state index in [1.165, 1.54) is 21.9 Å². The van der Waals surface area contributed by atoms with Crippen LogP contribution < -0.4 is 5.32 Å². The molecule has 0 unspecified atom stereocenters. The van der Waals surface area contributed by atoms with Crippen LogP contribution in [-0.4, -0.2) is 86.0 Å². The molecular formula is C16H21N9O4. The molecule has 0 radical (unpaired) electrons. The average molecular weight is 403 g/mol. The van der Waals surface area contributed by atoms with Crippen LogP contribution in [0, 0.1) is 0 Å². The largest absolute Gasteiger partial charge is 0.394 e. The van der Waals surface area contributed by atoms with Gasteiger partial charge in [-0.15, -0.1) is 5.10 Å². The van der Waals surface area contributed by atoms with Gasteiger partial charge in [-0.1, -0.05) is 12.8 Å². The highest BCUT2D eigenvalue weighted by atomic mass is 16.6. The smallest absolute Gasteiger partial charge is 0.257 e. The van der Waals surface area contributed by atoms with E-state index in [0.717, 1.165) is 25.7 Å². The van der Waals surface area contributed by atoms with Crippen molar-refractivity contribution in [1.29, 1.82) is 0 Å². The Morgan fingerprint density at radius 1 is 1.14 bits per heavy atom. The molecule has 2 fully saturated rings. The Morgan fingerprint density at radius 2 is 1.97 bits per heavy atom. The van der Waals surface area contributed by atoms with Crippen LogP contribution in [0.25, 0.3) is 17.1 Å². The number of imidazole rings is 1. The second-order valence-electron chi connectivity index (χ2n) is 7.31. The fourth-order valence-electron chi connectivity index (χ4n) is 3.92. The van der Waals surface area contributed by atoms with Gasteiger partial charge in [-0.25, -0.2) is 4.98 Å². The normalized spacial score (nSPS) is 27.8. The first kappa shape index (κ1) is 18.3. The first-order valence-corrected chi connectivity index (χ1v) is 9.52. The Kier molecular flexibility index (Phi) is 4.58. The van der Waals surface area contributed by atoms with Crippen molar-refractivity contribution in [3.05, 3.63) is 12.7 Å². The van der Waals surface area contributed by atoms with Gasteiger partial charge in [0.25, 0.3) is 5.95 Å². The van der Waals surface area contributed by atoms with E-state index in [9.17, 15) is 15.3 Å². The lowest BCUT2D eigenvalue weighted by molar-refractivity contribution is -0.0511. The number of aliphatic hydroxyl groups excluding tert-OH is 3. The predicted octanol–water partition coefficient (Wildman–Crippen LogP) is -1.23. The maximum Gasteiger partial charge on any atom is 0.257 e. The van der Waals surface area contributed by atoms with E-state index in [4.69, 9.17) is 4.74 Å². The van der Waals surface area contributed by atoms with Gasteiger partial charge in [-0.2, -0.15) is 14.6 Å². The summed E-state index contributed by atoms with van der Waals surface area (Å²) in [6.45, 7) is -0.416. The van der Waals surface area contributed by atoms with Crippen molar-refractivity contribution in [2.24, 2.45) is 0 Å². The zero-order chi connectivity index (χ0) is 20.0. The van der Waals surface area contributed by atoms with Crippen LogP contribution in [0.3, 0.4) is 0 Å². The molecule has 4 heterocycles. The summed E-state index contributed by atoms with van der Waals surface area (Å²) in [5.41, 5.74) is 0.896. The molecule has 1 aliphatic heterocycles. The standard InChI is InChI=1S/C16H21N9O4/c26-5-9-11(27)12(28)15(29-9)24-6-17-10-13(19-8-3-1-2-4-8)20-16(21-14(10)24)25-7-18-22-23-25/h6-9,11-12,15,26-28H,1-5H2,(H,19,20,21)/t9-,11-,12-,15-/m1/s1. The fourth-order valence-corrected chi connectivity index (χ4v) is 3.92. The molecule has 13 nitrogen and oxygen atoms in total. The lowest BCUT2D eigenvalue weighted by Crippen LogP contribution is -2.33. The van der Waals surface area contributed by atoms with Crippen molar-refractivity contribution in [3.63, 3.8) is 0 Å². The number of ether oxygens (including phenoxy) is 1. The highest BCUT2D eigenvalue weighted by Gasteiger charge is 2.44. The van der Waals surface area contributed by atoms with Gasteiger partial charge in [0, 0.05) is 6.04 Å². The van der Waals surface area contributed by atoms with Crippen molar-refractivity contribution in [3.8, 4) is 5.95 Å². The van der Waals surface area contributed by atoms with Crippen molar-refractivity contribution in [2.45, 2.75) is 56.3 Å². The van der Waals surface area contributed by atoms with Gasteiger partial charge in [-0.05, 0) is 23.3 Å². The summed E-state index contributed by atoms with van der Waals surface area (Å²) in [4.78, 5) is 13.5. The molecule has 5 rings (SSSR count). The summed E-state index contributed by atoms with van der Waals surface area (Å²) in [7, 11) is 0. The van der Waals surface area contributed by atoms with Crippen LogP contribution in [0.2, 0.25) is 0 Å². The van der Waals surface area contributed by atoms with Crippen molar-refractivity contribution in [1.82, 2.24) is 39.7 Å². The number of tetrazole rings is 1. The lowest BCUT2D eigenvalue weighted by atomic mass is 10.1. The molecule has 4 N–H and O–H groups in total. The first-order chi connectivity index (χ1) is 14.2. The van der Waals surface area contributed by atoms with E-state index in [1.54, 1.807) is 0 Å². The number of rotatable bonds is 5. The molecule has 2 aliphatic rings. The summed E-state index contributed by atoms with van der Waals surface area (Å²) < 4.78 is 8.49. The SMILES string of the molecule is OC[C@H]1O[C@@H](n2cnc3c(NC4CCCC4)nc(-n4cnnn4)nc32)[C@H](O)[C@@H]1O. The number of hydrogen-bond acceptors (Lipinski definition) is 11. The van der Waals surface area contributed by atoms with Crippen LogP contribution in [-0.2, 0) is 4.74 Å². The monoisotopic (exact) mass is 403 g/mol. The molecule has 0 bridgehead atoms. The zero-order valence-electron chi connectivity index (χ0n) is 15.4. The van der Waals surface area contributed by atoms with Crippen molar-refractivity contribution in [2.75, 3.05) is 11.9 Å². The number of nitrogens with zero attached hydrogens (tertiary/aromatic N) is 8. The van der Waals surface area contributed by atoms with Gasteiger partial charge in [-0.3, -0.25) is 4.57 Å². The van der Waals surface area contributed by atoms with Crippen LogP contribution in [0.4, 0.5) is 5.82 Å². The van der Waals surface area contributed by atoms with Crippen LogP contribution in [0.15, 0.2) is 12.7 Å². The molecule has 3 aromatic heterocycles. The molecule has 4 atom stereocenters. The van der Waals surface area contributed by atoms with Gasteiger partial charge in [0.2, 0.25) is 0 Å². The van der Waals surface area contributed by atoms with E-state index < -0.39 is 31.1 Å². The van der Waals surface area contributed by atoms with E-state index in [1.807, 2.05) is 0 Å². The summed E-state index contributed by atoms with van der Waals surface area (Å²) >= 11 is 0. The van der Waals surface area contributed by atoms with E-state index in [0.29, 0.717) is 17.0 Å². The molecule has 0 aromatic carbocycles. The van der Waals surface area contributed by atoms with Gasteiger partial charge in [0.1, 0.15) is 24.6 Å². The van der Waals surface area contributed by atoms with E-state index >= 15 is 0 Å². The number of anilines is 1. The fraction of sp³-hybridized carbons (Fsp3) is 0.625. The molecule has 13 heteroatoms. The second kappa shape index (κ2) is 7.26. The Labute approximate surface area is 164 Å². The van der Waals surface area contributed by atoms with Crippen molar-refractivity contribution >= 4 is 17.0 Å². The van der Waals surface area contributed by atoms with Crippen molar-refractivity contribution < 1.29 is 20.1 Å². The Bertz CT molecular complexity index is 988. The minimum Gasteiger partial charge on any atom is -0.394 e. The molecule has 3 aromatic rings. The summed E-state index contributed by atoms with van der Waals surface area (Å²) in [5, 5.41) is 44.4. The number of fused-ring (bicyclic) bond motifs is 1. The van der Waals surface area contributed by atoms with Crippen LogP contribution in [0.1, 0.15) is 31.9 Å². The molecule has 1 saturated carbocycles. The Morgan fingerprint density at radius 3 is 2.66 bits per heavy atom. The minimum atomic E-state index is -1.25. The molecule has 154 valence electrons. The summed E-state index contributed by atoms with van der Waals surface area (Å²) in [6.07, 6.45) is 2.93. The zero-order valence-corrected chi connectivity index (χ0v) is 15.4. The first-order valence-electron chi connectivity index (χ1n) is 9.52. The number of nitrogens with one attached hydrogen (secondary N) is 1. The number of aliphatic hydroxyl groups is 3. The van der Waals surface area contributed by atoms with E-state index in [-0.39, 0.29) is 12.0 Å². The molecular weight excluding hydrogens is 382 g/mol. The molecule has 0 spiro atoms. The van der Waals surface area contributed by atoms with Gasteiger partial charge in [0.05, 0.1) is 12.9 Å². The maximum atomic E-state index is 10.4. The Balaban J connectivity index is 1.60. The van der Waals surface area contributed by atoms with Crippen LogP contribution >= 0.6 is 0 Å². The lowest BCUT2D eigenvalue weighted by Gasteiger charge is -2.17. The Hall–Kier alpha value is -2.74. The summed E-state index contributed by atoms with van der Waals surface area (Å²) in [5.74, 6) is 0.773. The third-order valence-corrected chi connectivity index (χ3v) is 5.45. The van der Waals surface area contributed by atoms with Gasteiger partial charge >= 0.3 is 0 Å². The second-order valence-corrected chi connectivity index (χ2v) is 7.31.